The number of rotatable bonds is 3. The maximum absolute atomic E-state index is 5.15. The lowest BCUT2D eigenvalue weighted by Gasteiger charge is -2.14. The van der Waals surface area contributed by atoms with Gasteiger partial charge >= 0.3 is 0 Å². The van der Waals surface area contributed by atoms with Crippen LogP contribution in [0.2, 0.25) is 0 Å². The van der Waals surface area contributed by atoms with E-state index in [1.54, 1.807) is 0 Å². The number of para-hydroxylation sites is 1. The Morgan fingerprint density at radius 3 is 2.00 bits per heavy atom. The van der Waals surface area contributed by atoms with Gasteiger partial charge < -0.3 is 0 Å². The molecule has 0 amide bonds. The van der Waals surface area contributed by atoms with Crippen LogP contribution in [0.15, 0.2) is 121 Å². The molecule has 0 spiro atoms. The highest BCUT2D eigenvalue weighted by Gasteiger charge is 2.17. The third-order valence-corrected chi connectivity index (χ3v) is 7.65. The van der Waals surface area contributed by atoms with Crippen molar-refractivity contribution in [2.45, 2.75) is 0 Å². The number of hydrogen-bond donors (Lipinski definition) is 0. The van der Waals surface area contributed by atoms with Crippen LogP contribution in [0.3, 0.4) is 0 Å². The SMILES string of the molecule is c1ccc(-c2nc(-c3ccccc3-c3cccc4sc5ccccc5c34)c3ccccc3n2)cc1. The molecule has 7 aromatic rings. The summed E-state index contributed by atoms with van der Waals surface area (Å²) < 4.78 is 2.61. The van der Waals surface area contributed by atoms with E-state index in [1.807, 2.05) is 35.6 Å². The van der Waals surface area contributed by atoms with Gasteiger partial charge in [0.1, 0.15) is 0 Å². The lowest BCUT2D eigenvalue weighted by molar-refractivity contribution is 1.23. The third kappa shape index (κ3) is 3.32. The van der Waals surface area contributed by atoms with Gasteiger partial charge in [-0.1, -0.05) is 103 Å². The van der Waals surface area contributed by atoms with Crippen molar-refractivity contribution < 1.29 is 0 Å². The molecule has 7 rings (SSSR count). The van der Waals surface area contributed by atoms with E-state index >= 15 is 0 Å². The highest BCUT2D eigenvalue weighted by molar-refractivity contribution is 7.25. The van der Waals surface area contributed by atoms with Crippen molar-refractivity contribution in [1.82, 2.24) is 9.97 Å². The minimum atomic E-state index is 0.744. The second-order valence-corrected chi connectivity index (χ2v) is 9.69. The number of fused-ring (bicyclic) bond motifs is 4. The largest absolute Gasteiger partial charge is 0.228 e. The van der Waals surface area contributed by atoms with Gasteiger partial charge in [0.15, 0.2) is 5.82 Å². The van der Waals surface area contributed by atoms with Crippen LogP contribution < -0.4 is 0 Å². The fourth-order valence-corrected chi connectivity index (χ4v) is 6.05. The number of nitrogens with zero attached hydrogens (tertiary/aromatic N) is 2. The molecule has 2 nitrogen and oxygen atoms in total. The minimum Gasteiger partial charge on any atom is -0.228 e. The number of aromatic nitrogens is 2. The summed E-state index contributed by atoms with van der Waals surface area (Å²) in [6.07, 6.45) is 0. The Morgan fingerprint density at radius 1 is 0.457 bits per heavy atom. The first-order valence-corrected chi connectivity index (χ1v) is 12.5. The van der Waals surface area contributed by atoms with Crippen LogP contribution >= 0.6 is 11.3 Å². The minimum absolute atomic E-state index is 0.744. The Bertz CT molecular complexity index is 1850. The number of benzene rings is 5. The maximum Gasteiger partial charge on any atom is 0.160 e. The molecule has 0 unspecified atom stereocenters. The lowest BCUT2D eigenvalue weighted by atomic mass is 9.92. The lowest BCUT2D eigenvalue weighted by Crippen LogP contribution is -1.96. The van der Waals surface area contributed by atoms with Crippen LogP contribution in [0.5, 0.6) is 0 Å². The van der Waals surface area contributed by atoms with Gasteiger partial charge in [-0.15, -0.1) is 11.3 Å². The maximum atomic E-state index is 5.15. The summed E-state index contributed by atoms with van der Waals surface area (Å²) in [6, 6.07) is 42.4. The van der Waals surface area contributed by atoms with Gasteiger partial charge in [-0.2, -0.15) is 0 Å². The molecule has 0 atom stereocenters. The van der Waals surface area contributed by atoms with E-state index in [0.29, 0.717) is 0 Å². The summed E-state index contributed by atoms with van der Waals surface area (Å²) >= 11 is 1.85. The molecule has 35 heavy (non-hydrogen) atoms. The number of hydrogen-bond acceptors (Lipinski definition) is 3. The van der Waals surface area contributed by atoms with Crippen LogP contribution in [0, 0.1) is 0 Å². The normalized spacial score (nSPS) is 11.4. The predicted octanol–water partition coefficient (Wildman–Crippen LogP) is 9.00. The molecule has 0 aliphatic rings. The Balaban J connectivity index is 1.55. The van der Waals surface area contributed by atoms with Crippen molar-refractivity contribution in [2.24, 2.45) is 0 Å². The molecule has 0 aliphatic carbocycles. The van der Waals surface area contributed by atoms with E-state index in [0.717, 1.165) is 33.5 Å². The van der Waals surface area contributed by atoms with Crippen LogP contribution in [-0.2, 0) is 0 Å². The van der Waals surface area contributed by atoms with Crippen LogP contribution in [-0.4, -0.2) is 9.97 Å². The summed E-state index contributed by atoms with van der Waals surface area (Å²) in [4.78, 5) is 10.1. The molecule has 2 aromatic heterocycles. The molecular formula is C32H20N2S. The molecule has 0 radical (unpaired) electrons. The van der Waals surface area contributed by atoms with Gasteiger partial charge in [-0.25, -0.2) is 9.97 Å². The third-order valence-electron chi connectivity index (χ3n) is 6.51. The first-order chi connectivity index (χ1) is 17.4. The van der Waals surface area contributed by atoms with Crippen LogP contribution in [0.4, 0.5) is 0 Å². The van der Waals surface area contributed by atoms with Crippen molar-refractivity contribution in [1.29, 1.82) is 0 Å². The molecule has 0 aliphatic heterocycles. The topological polar surface area (TPSA) is 25.8 Å². The average molecular weight is 465 g/mol. The zero-order valence-corrected chi connectivity index (χ0v) is 19.7. The van der Waals surface area contributed by atoms with Gasteiger partial charge in [0.05, 0.1) is 11.2 Å². The summed E-state index contributed by atoms with van der Waals surface area (Å²) in [6.45, 7) is 0. The summed E-state index contributed by atoms with van der Waals surface area (Å²) in [7, 11) is 0. The van der Waals surface area contributed by atoms with Gasteiger partial charge in [0.25, 0.3) is 0 Å². The van der Waals surface area contributed by atoms with Crippen molar-refractivity contribution in [2.75, 3.05) is 0 Å². The van der Waals surface area contributed by atoms with Crippen LogP contribution in [0.25, 0.3) is 64.8 Å². The van der Waals surface area contributed by atoms with E-state index in [-0.39, 0.29) is 0 Å². The Morgan fingerprint density at radius 2 is 1.11 bits per heavy atom. The van der Waals surface area contributed by atoms with E-state index < -0.39 is 0 Å². The van der Waals surface area contributed by atoms with Crippen LogP contribution in [0.1, 0.15) is 0 Å². The molecule has 0 fully saturated rings. The fourth-order valence-electron chi connectivity index (χ4n) is 4.92. The van der Waals surface area contributed by atoms with E-state index in [1.165, 1.54) is 31.3 Å². The molecule has 5 aromatic carbocycles. The second-order valence-electron chi connectivity index (χ2n) is 8.60. The van der Waals surface area contributed by atoms with Gasteiger partial charge in [-0.05, 0) is 29.3 Å². The summed E-state index contributed by atoms with van der Waals surface area (Å²) in [5, 5.41) is 3.67. The quantitative estimate of drug-likeness (QED) is 0.261. The molecule has 3 heteroatoms. The van der Waals surface area contributed by atoms with E-state index in [9.17, 15) is 0 Å². The first-order valence-electron chi connectivity index (χ1n) is 11.7. The molecule has 0 saturated carbocycles. The van der Waals surface area contributed by atoms with Crippen molar-refractivity contribution >= 4 is 42.4 Å². The smallest absolute Gasteiger partial charge is 0.160 e. The Labute approximate surface area is 207 Å². The van der Waals surface area contributed by atoms with Crippen molar-refractivity contribution in [3.63, 3.8) is 0 Å². The summed E-state index contributed by atoms with van der Waals surface area (Å²) in [5.74, 6) is 0.744. The second kappa shape index (κ2) is 8.15. The van der Waals surface area contributed by atoms with Gasteiger partial charge in [0.2, 0.25) is 0 Å². The standard InChI is InChI=1S/C32H20N2S/c1-2-11-21(12-3-1)32-33-27-18-8-6-15-25(27)31(34-32)24-14-5-4-13-22(24)23-17-10-20-29-30(23)26-16-7-9-19-28(26)35-29/h1-20H. The zero-order valence-electron chi connectivity index (χ0n) is 18.8. The molecule has 0 saturated heterocycles. The van der Waals surface area contributed by atoms with Gasteiger partial charge in [-0.3, -0.25) is 0 Å². The highest BCUT2D eigenvalue weighted by atomic mass is 32.1. The van der Waals surface area contributed by atoms with E-state index in [2.05, 4.69) is 97.1 Å². The molecule has 0 bridgehead atoms. The van der Waals surface area contributed by atoms with Crippen molar-refractivity contribution in [3.8, 4) is 33.8 Å². The summed E-state index contributed by atoms with van der Waals surface area (Å²) in [5.41, 5.74) is 6.46. The van der Waals surface area contributed by atoms with Gasteiger partial charge in [0, 0.05) is 36.7 Å². The number of thiophene rings is 1. The Hall–Kier alpha value is -4.34. The predicted molar refractivity (Wildman–Crippen MR) is 149 cm³/mol. The molecule has 164 valence electrons. The average Bonchev–Trinajstić information content (AvgIpc) is 3.32. The van der Waals surface area contributed by atoms with E-state index in [4.69, 9.17) is 9.97 Å². The molecule has 0 N–H and O–H groups in total. The molecular weight excluding hydrogens is 444 g/mol. The molecule has 2 heterocycles. The Kier molecular flexibility index (Phi) is 4.68. The zero-order chi connectivity index (χ0) is 23.2. The highest BCUT2D eigenvalue weighted by Crippen LogP contribution is 2.43. The van der Waals surface area contributed by atoms with Crippen molar-refractivity contribution in [3.05, 3.63) is 121 Å². The first kappa shape index (κ1) is 20.1. The fraction of sp³-hybridized carbons (Fsp3) is 0. The monoisotopic (exact) mass is 464 g/mol.